The minimum absolute atomic E-state index is 0.0152. The first-order chi connectivity index (χ1) is 8.72. The number of carbonyl (C=O) groups excluding carboxylic acids is 1. The number of rotatable bonds is 4. The van der Waals surface area contributed by atoms with Gasteiger partial charge in [0.15, 0.2) is 0 Å². The highest BCUT2D eigenvalue weighted by molar-refractivity contribution is 5.80. The van der Waals surface area contributed by atoms with Gasteiger partial charge in [-0.15, -0.1) is 0 Å². The number of carbonyl (C=O) groups is 1. The lowest BCUT2D eigenvalue weighted by Crippen LogP contribution is -2.43. The normalized spacial score (nSPS) is 24.8. The molecule has 0 bridgehead atoms. The van der Waals surface area contributed by atoms with Gasteiger partial charge in [0.1, 0.15) is 0 Å². The third kappa shape index (κ3) is 2.86. The smallest absolute Gasteiger partial charge is 0.227 e. The molecule has 2 heterocycles. The average Bonchev–Trinajstić information content (AvgIpc) is 2.88. The number of likely N-dealkylation sites (N-methyl/N-ethyl adjacent to an activating group) is 1. The maximum atomic E-state index is 12.2. The molecule has 18 heavy (non-hydrogen) atoms. The molecule has 0 spiro atoms. The molecule has 1 aromatic rings. The van der Waals surface area contributed by atoms with E-state index in [1.54, 1.807) is 12.4 Å². The number of nitrogens with one attached hydrogen (secondary N) is 2. The first-order valence-electron chi connectivity index (χ1n) is 6.17. The summed E-state index contributed by atoms with van der Waals surface area (Å²) >= 11 is 0. The van der Waals surface area contributed by atoms with Gasteiger partial charge in [-0.3, -0.25) is 9.78 Å². The Morgan fingerprint density at radius 3 is 2.83 bits per heavy atom. The van der Waals surface area contributed by atoms with Crippen LogP contribution >= 0.6 is 0 Å². The van der Waals surface area contributed by atoms with Gasteiger partial charge in [0, 0.05) is 18.4 Å². The Kier molecular flexibility index (Phi) is 4.28. The number of nitrogens with zero attached hydrogens (tertiary/aromatic N) is 1. The van der Waals surface area contributed by atoms with E-state index in [0.29, 0.717) is 13.2 Å². The topological polar surface area (TPSA) is 63.2 Å². The van der Waals surface area contributed by atoms with Gasteiger partial charge < -0.3 is 15.4 Å². The molecule has 1 aliphatic heterocycles. The van der Waals surface area contributed by atoms with Crippen molar-refractivity contribution in [1.29, 1.82) is 0 Å². The molecule has 0 aromatic carbocycles. The van der Waals surface area contributed by atoms with Crippen molar-refractivity contribution in [3.8, 4) is 0 Å². The van der Waals surface area contributed by atoms with Crippen LogP contribution in [0.4, 0.5) is 0 Å². The summed E-state index contributed by atoms with van der Waals surface area (Å²) < 4.78 is 5.34. The molecule has 0 aliphatic carbocycles. The van der Waals surface area contributed by atoms with Gasteiger partial charge in [-0.1, -0.05) is 0 Å². The van der Waals surface area contributed by atoms with Crippen molar-refractivity contribution >= 4 is 5.91 Å². The van der Waals surface area contributed by atoms with Crippen LogP contribution in [0.3, 0.4) is 0 Å². The summed E-state index contributed by atoms with van der Waals surface area (Å²) in [6.45, 7) is 3.05. The summed E-state index contributed by atoms with van der Waals surface area (Å²) in [7, 11) is 1.85. The van der Waals surface area contributed by atoms with Crippen LogP contribution in [0.2, 0.25) is 0 Å². The molecule has 98 valence electrons. The Morgan fingerprint density at radius 1 is 1.44 bits per heavy atom. The summed E-state index contributed by atoms with van der Waals surface area (Å²) in [6, 6.07) is 3.91. The van der Waals surface area contributed by atoms with Gasteiger partial charge in [0.25, 0.3) is 0 Å². The molecule has 0 radical (unpaired) electrons. The Balaban J connectivity index is 1.95. The highest BCUT2D eigenvalue weighted by atomic mass is 16.5. The molecule has 5 heteroatoms. The highest BCUT2D eigenvalue weighted by Crippen LogP contribution is 2.16. The molecular weight excluding hydrogens is 230 g/mol. The van der Waals surface area contributed by atoms with Crippen LogP contribution in [0, 0.1) is 5.92 Å². The first kappa shape index (κ1) is 13.0. The van der Waals surface area contributed by atoms with Crippen LogP contribution in [0.1, 0.15) is 18.5 Å². The quantitative estimate of drug-likeness (QED) is 0.815. The zero-order valence-electron chi connectivity index (χ0n) is 10.7. The fourth-order valence-corrected chi connectivity index (χ4v) is 2.15. The first-order valence-corrected chi connectivity index (χ1v) is 6.17. The predicted molar refractivity (Wildman–Crippen MR) is 68.0 cm³/mol. The van der Waals surface area contributed by atoms with Crippen LogP contribution in [-0.4, -0.2) is 37.2 Å². The van der Waals surface area contributed by atoms with E-state index in [2.05, 4.69) is 15.6 Å². The van der Waals surface area contributed by atoms with Crippen molar-refractivity contribution in [2.24, 2.45) is 5.92 Å². The molecule has 2 unspecified atom stereocenters. The number of aromatic nitrogens is 1. The molecular formula is C13H19N3O2. The number of pyridine rings is 1. The van der Waals surface area contributed by atoms with E-state index < -0.39 is 0 Å². The third-order valence-electron chi connectivity index (χ3n) is 3.35. The van der Waals surface area contributed by atoms with E-state index in [1.165, 1.54) is 0 Å². The lowest BCUT2D eigenvalue weighted by molar-refractivity contribution is -0.126. The number of hydrogen-bond donors (Lipinski definition) is 2. The summed E-state index contributed by atoms with van der Waals surface area (Å²) in [6.07, 6.45) is 3.46. The Morgan fingerprint density at radius 2 is 2.17 bits per heavy atom. The summed E-state index contributed by atoms with van der Waals surface area (Å²) in [4.78, 5) is 16.1. The van der Waals surface area contributed by atoms with Crippen LogP contribution in [0.25, 0.3) is 0 Å². The van der Waals surface area contributed by atoms with Gasteiger partial charge in [-0.05, 0) is 31.7 Å². The van der Waals surface area contributed by atoms with Gasteiger partial charge in [-0.25, -0.2) is 0 Å². The van der Waals surface area contributed by atoms with Gasteiger partial charge in [0.05, 0.1) is 25.2 Å². The van der Waals surface area contributed by atoms with E-state index >= 15 is 0 Å². The minimum atomic E-state index is -0.112. The van der Waals surface area contributed by atoms with Crippen molar-refractivity contribution in [2.45, 2.75) is 19.0 Å². The van der Waals surface area contributed by atoms with Gasteiger partial charge in [-0.2, -0.15) is 0 Å². The van der Waals surface area contributed by atoms with Crippen LogP contribution < -0.4 is 10.6 Å². The maximum Gasteiger partial charge on any atom is 0.227 e. The molecule has 1 saturated heterocycles. The zero-order chi connectivity index (χ0) is 13.0. The minimum Gasteiger partial charge on any atom is -0.379 e. The molecule has 1 aliphatic rings. The van der Waals surface area contributed by atoms with Crippen molar-refractivity contribution < 1.29 is 9.53 Å². The highest BCUT2D eigenvalue weighted by Gasteiger charge is 2.33. The molecule has 2 N–H and O–H groups in total. The molecule has 1 fully saturated rings. The third-order valence-corrected chi connectivity index (χ3v) is 3.35. The van der Waals surface area contributed by atoms with Gasteiger partial charge >= 0.3 is 0 Å². The fourth-order valence-electron chi connectivity index (χ4n) is 2.15. The molecule has 1 aromatic heterocycles. The largest absolute Gasteiger partial charge is 0.379 e. The fraction of sp³-hybridized carbons (Fsp3) is 0.538. The Labute approximate surface area is 107 Å². The SMILES string of the molecule is CNC1COCC1C(=O)N[C@H](C)c1ccncc1. The second-order valence-electron chi connectivity index (χ2n) is 4.55. The summed E-state index contributed by atoms with van der Waals surface area (Å²) in [5.41, 5.74) is 1.05. The van der Waals surface area contributed by atoms with E-state index in [9.17, 15) is 4.79 Å². The van der Waals surface area contributed by atoms with Crippen LogP contribution in [0.5, 0.6) is 0 Å². The molecule has 0 saturated carbocycles. The van der Waals surface area contributed by atoms with Crippen LogP contribution in [-0.2, 0) is 9.53 Å². The second-order valence-corrected chi connectivity index (χ2v) is 4.55. The number of hydrogen-bond acceptors (Lipinski definition) is 4. The van der Waals surface area contributed by atoms with Crippen molar-refractivity contribution in [2.75, 3.05) is 20.3 Å². The maximum absolute atomic E-state index is 12.2. The lowest BCUT2D eigenvalue weighted by atomic mass is 10.0. The number of amides is 1. The summed E-state index contributed by atoms with van der Waals surface area (Å²) in [5, 5.41) is 6.13. The standard InChI is InChI=1S/C13H19N3O2/c1-9(10-3-5-15-6-4-10)16-13(17)11-7-18-8-12(11)14-2/h3-6,9,11-12,14H,7-8H2,1-2H3,(H,16,17)/t9-,11?,12?/m1/s1. The number of ether oxygens (including phenoxy) is 1. The predicted octanol–water partition coefficient (Wildman–Crippen LogP) is 0.493. The Hall–Kier alpha value is -1.46. The average molecular weight is 249 g/mol. The lowest BCUT2D eigenvalue weighted by Gasteiger charge is -2.20. The second kappa shape index (κ2) is 5.93. The molecule has 1 amide bonds. The Bertz CT molecular complexity index is 396. The van der Waals surface area contributed by atoms with E-state index in [-0.39, 0.29) is 23.9 Å². The van der Waals surface area contributed by atoms with Crippen molar-refractivity contribution in [3.63, 3.8) is 0 Å². The van der Waals surface area contributed by atoms with Gasteiger partial charge in [0.2, 0.25) is 5.91 Å². The monoisotopic (exact) mass is 249 g/mol. The van der Waals surface area contributed by atoms with Crippen LogP contribution in [0.15, 0.2) is 24.5 Å². The molecule has 3 atom stereocenters. The van der Waals surface area contributed by atoms with E-state index in [0.717, 1.165) is 5.56 Å². The van der Waals surface area contributed by atoms with E-state index in [4.69, 9.17) is 4.74 Å². The van der Waals surface area contributed by atoms with Crippen molar-refractivity contribution in [1.82, 2.24) is 15.6 Å². The van der Waals surface area contributed by atoms with E-state index in [1.807, 2.05) is 26.1 Å². The zero-order valence-corrected chi connectivity index (χ0v) is 10.7. The summed E-state index contributed by atoms with van der Waals surface area (Å²) in [5.74, 6) is -0.0737. The molecule has 2 rings (SSSR count). The molecule has 5 nitrogen and oxygen atoms in total. The van der Waals surface area contributed by atoms with Crippen molar-refractivity contribution in [3.05, 3.63) is 30.1 Å².